The number of nitrogens with zero attached hydrogens (tertiary/aromatic N) is 1. The Kier molecular flexibility index (Phi) is 3.25. The fourth-order valence-electron chi connectivity index (χ4n) is 2.23. The highest BCUT2D eigenvalue weighted by atomic mass is 79.9. The molecule has 0 unspecified atom stereocenters. The van der Waals surface area contributed by atoms with Gasteiger partial charge in [-0.3, -0.25) is 4.79 Å². The molecule has 1 aliphatic rings. The Bertz CT molecular complexity index is 613. The Morgan fingerprint density at radius 1 is 1.16 bits per heavy atom. The maximum Gasteiger partial charge on any atom is 0.246 e. The normalized spacial score (nSPS) is 13.9. The van der Waals surface area contributed by atoms with Gasteiger partial charge >= 0.3 is 0 Å². The van der Waals surface area contributed by atoms with Crippen molar-refractivity contribution in [3.05, 3.63) is 58.6 Å². The van der Waals surface area contributed by atoms with E-state index in [4.69, 9.17) is 0 Å². The van der Waals surface area contributed by atoms with Gasteiger partial charge in [-0.25, -0.2) is 0 Å². The molecular formula is C15H13BrN2O. The number of fused-ring (bicyclic) bond motifs is 1. The predicted octanol–water partition coefficient (Wildman–Crippen LogP) is 3.41. The van der Waals surface area contributed by atoms with Crippen LogP contribution in [0.25, 0.3) is 0 Å². The first kappa shape index (κ1) is 12.2. The van der Waals surface area contributed by atoms with Crippen molar-refractivity contribution < 1.29 is 4.79 Å². The van der Waals surface area contributed by atoms with E-state index in [0.717, 1.165) is 21.4 Å². The zero-order valence-electron chi connectivity index (χ0n) is 10.3. The molecule has 0 spiro atoms. The van der Waals surface area contributed by atoms with Crippen molar-refractivity contribution in [2.24, 2.45) is 0 Å². The van der Waals surface area contributed by atoms with Crippen molar-refractivity contribution in [3.63, 3.8) is 0 Å². The number of hydrogen-bond donors (Lipinski definition) is 1. The Balaban J connectivity index is 1.95. The molecule has 0 aromatic heterocycles. The largest absolute Gasteiger partial charge is 0.374 e. The average molecular weight is 317 g/mol. The molecule has 1 heterocycles. The second-order valence-electron chi connectivity index (χ2n) is 4.48. The maximum atomic E-state index is 12.1. The summed E-state index contributed by atoms with van der Waals surface area (Å²) in [6.45, 7) is 0.951. The van der Waals surface area contributed by atoms with Crippen LogP contribution in [0.4, 0.5) is 11.4 Å². The minimum Gasteiger partial charge on any atom is -0.374 e. The lowest BCUT2D eigenvalue weighted by Gasteiger charge is -2.30. The second-order valence-corrected chi connectivity index (χ2v) is 5.40. The highest BCUT2D eigenvalue weighted by molar-refractivity contribution is 9.10. The quantitative estimate of drug-likeness (QED) is 0.921. The van der Waals surface area contributed by atoms with Gasteiger partial charge in [0.15, 0.2) is 0 Å². The number of amides is 1. The molecule has 0 bridgehead atoms. The minimum absolute atomic E-state index is 0.0960. The molecule has 96 valence electrons. The number of carbonyl (C=O) groups excluding carboxylic acids is 1. The van der Waals surface area contributed by atoms with E-state index in [1.54, 1.807) is 0 Å². The van der Waals surface area contributed by atoms with Gasteiger partial charge in [0, 0.05) is 4.47 Å². The number of halogens is 1. The van der Waals surface area contributed by atoms with Crippen molar-refractivity contribution in [2.45, 2.75) is 6.54 Å². The lowest BCUT2D eigenvalue weighted by molar-refractivity contribution is -0.117. The summed E-state index contributed by atoms with van der Waals surface area (Å²) in [6.07, 6.45) is 0. The van der Waals surface area contributed by atoms with Crippen LogP contribution in [0.15, 0.2) is 53.0 Å². The molecule has 1 amide bonds. The molecule has 0 saturated carbocycles. The fourth-order valence-corrected chi connectivity index (χ4v) is 2.59. The highest BCUT2D eigenvalue weighted by Gasteiger charge is 2.23. The third-order valence-corrected chi connectivity index (χ3v) is 3.66. The monoisotopic (exact) mass is 316 g/mol. The summed E-state index contributed by atoms with van der Waals surface area (Å²) in [5.74, 6) is 0.0960. The molecule has 3 nitrogen and oxygen atoms in total. The first-order valence-corrected chi connectivity index (χ1v) is 6.91. The van der Waals surface area contributed by atoms with Gasteiger partial charge in [-0.15, -0.1) is 0 Å². The zero-order valence-corrected chi connectivity index (χ0v) is 11.9. The van der Waals surface area contributed by atoms with Crippen LogP contribution < -0.4 is 10.2 Å². The third-order valence-electron chi connectivity index (χ3n) is 3.16. The molecule has 2 aromatic carbocycles. The Labute approximate surface area is 120 Å². The molecule has 0 aliphatic carbocycles. The molecular weight excluding hydrogens is 304 g/mol. The van der Waals surface area contributed by atoms with Gasteiger partial charge in [0.25, 0.3) is 0 Å². The van der Waals surface area contributed by atoms with Gasteiger partial charge in [-0.05, 0) is 23.8 Å². The summed E-state index contributed by atoms with van der Waals surface area (Å²) in [5.41, 5.74) is 3.06. The topological polar surface area (TPSA) is 32.3 Å². The van der Waals surface area contributed by atoms with Crippen molar-refractivity contribution >= 4 is 33.2 Å². The van der Waals surface area contributed by atoms with Gasteiger partial charge in [-0.2, -0.15) is 0 Å². The van der Waals surface area contributed by atoms with Crippen LogP contribution in [0.5, 0.6) is 0 Å². The van der Waals surface area contributed by atoms with E-state index in [1.807, 2.05) is 53.4 Å². The lowest BCUT2D eigenvalue weighted by Crippen LogP contribution is -2.39. The van der Waals surface area contributed by atoms with Crippen molar-refractivity contribution in [1.29, 1.82) is 0 Å². The standard InChI is InChI=1S/C15H13BrN2O/c16-12-6-7-14-13(8-12)17-9-15(19)18(14)10-11-4-2-1-3-5-11/h1-8,17H,9-10H2. The molecule has 0 atom stereocenters. The van der Waals surface area contributed by atoms with Gasteiger partial charge in [0.2, 0.25) is 5.91 Å². The van der Waals surface area contributed by atoms with Crippen molar-refractivity contribution in [3.8, 4) is 0 Å². The van der Waals surface area contributed by atoms with Crippen LogP contribution in [0.3, 0.4) is 0 Å². The van der Waals surface area contributed by atoms with E-state index in [2.05, 4.69) is 21.2 Å². The first-order chi connectivity index (χ1) is 9.24. The van der Waals surface area contributed by atoms with Gasteiger partial charge in [-0.1, -0.05) is 46.3 Å². The molecule has 0 radical (unpaired) electrons. The van der Waals surface area contributed by atoms with Crippen molar-refractivity contribution in [1.82, 2.24) is 0 Å². The number of rotatable bonds is 2. The van der Waals surface area contributed by atoms with Crippen LogP contribution >= 0.6 is 15.9 Å². The van der Waals surface area contributed by atoms with E-state index in [0.29, 0.717) is 13.1 Å². The summed E-state index contributed by atoms with van der Waals surface area (Å²) in [4.78, 5) is 13.9. The van der Waals surface area contributed by atoms with Crippen LogP contribution in [-0.2, 0) is 11.3 Å². The zero-order chi connectivity index (χ0) is 13.2. The van der Waals surface area contributed by atoms with Crippen LogP contribution in [-0.4, -0.2) is 12.5 Å². The smallest absolute Gasteiger partial charge is 0.246 e. The summed E-state index contributed by atoms with van der Waals surface area (Å²) in [6, 6.07) is 16.0. The van der Waals surface area contributed by atoms with E-state index in [1.165, 1.54) is 0 Å². The third kappa shape index (κ3) is 2.49. The number of carbonyl (C=O) groups is 1. The molecule has 0 fully saturated rings. The van der Waals surface area contributed by atoms with Gasteiger partial charge in [0.1, 0.15) is 0 Å². The van der Waals surface area contributed by atoms with E-state index in [9.17, 15) is 4.79 Å². The van der Waals surface area contributed by atoms with Crippen LogP contribution in [0, 0.1) is 0 Å². The average Bonchev–Trinajstić information content (AvgIpc) is 2.43. The van der Waals surface area contributed by atoms with E-state index in [-0.39, 0.29) is 5.91 Å². The van der Waals surface area contributed by atoms with E-state index < -0.39 is 0 Å². The molecule has 0 saturated heterocycles. The number of anilines is 2. The predicted molar refractivity (Wildman–Crippen MR) is 80.3 cm³/mol. The number of benzene rings is 2. The molecule has 1 N–H and O–H groups in total. The highest BCUT2D eigenvalue weighted by Crippen LogP contribution is 2.33. The molecule has 19 heavy (non-hydrogen) atoms. The minimum atomic E-state index is 0.0960. The van der Waals surface area contributed by atoms with Gasteiger partial charge < -0.3 is 10.2 Å². The Morgan fingerprint density at radius 3 is 2.74 bits per heavy atom. The molecule has 3 rings (SSSR count). The number of nitrogens with one attached hydrogen (secondary N) is 1. The van der Waals surface area contributed by atoms with Crippen molar-refractivity contribution in [2.75, 3.05) is 16.8 Å². The summed E-state index contributed by atoms with van der Waals surface area (Å²) < 4.78 is 1.01. The summed E-state index contributed by atoms with van der Waals surface area (Å²) in [7, 11) is 0. The van der Waals surface area contributed by atoms with Crippen LogP contribution in [0.1, 0.15) is 5.56 Å². The van der Waals surface area contributed by atoms with Gasteiger partial charge in [0.05, 0.1) is 24.5 Å². The second kappa shape index (κ2) is 5.05. The maximum absolute atomic E-state index is 12.1. The number of hydrogen-bond acceptors (Lipinski definition) is 2. The van der Waals surface area contributed by atoms with E-state index >= 15 is 0 Å². The Hall–Kier alpha value is -1.81. The lowest BCUT2D eigenvalue weighted by atomic mass is 10.1. The Morgan fingerprint density at radius 2 is 1.95 bits per heavy atom. The summed E-state index contributed by atoms with van der Waals surface area (Å²) in [5, 5.41) is 3.15. The summed E-state index contributed by atoms with van der Waals surface area (Å²) >= 11 is 3.45. The SMILES string of the molecule is O=C1CNc2cc(Br)ccc2N1Cc1ccccc1. The molecule has 4 heteroatoms. The van der Waals surface area contributed by atoms with Crippen LogP contribution in [0.2, 0.25) is 0 Å². The first-order valence-electron chi connectivity index (χ1n) is 6.12. The molecule has 2 aromatic rings. The molecule has 1 aliphatic heterocycles. The fraction of sp³-hybridized carbons (Fsp3) is 0.133.